The second-order valence-corrected chi connectivity index (χ2v) is 27.9. The van der Waals surface area contributed by atoms with E-state index in [2.05, 4.69) is 71.9 Å². The van der Waals surface area contributed by atoms with E-state index in [9.17, 15) is 0 Å². The summed E-state index contributed by atoms with van der Waals surface area (Å²) in [5.74, 6) is 6.54. The van der Waals surface area contributed by atoms with Crippen molar-refractivity contribution in [3.05, 3.63) is 61.2 Å². The van der Waals surface area contributed by atoms with Crippen LogP contribution in [0.25, 0.3) is 89.7 Å². The summed E-state index contributed by atoms with van der Waals surface area (Å²) in [5, 5.41) is 4.33. The highest BCUT2D eigenvalue weighted by molar-refractivity contribution is 8.00. The van der Waals surface area contributed by atoms with Gasteiger partial charge in [-0.25, -0.2) is 29.9 Å². The minimum absolute atomic E-state index is 0.589. The summed E-state index contributed by atoms with van der Waals surface area (Å²) in [4.78, 5) is 54.9. The van der Waals surface area contributed by atoms with Crippen molar-refractivity contribution in [3.8, 4) is 45.6 Å². The van der Waals surface area contributed by atoms with Gasteiger partial charge in [0.05, 0.1) is 0 Å². The fourth-order valence-corrected chi connectivity index (χ4v) is 16.1. The normalized spacial score (nSPS) is 12.0. The predicted molar refractivity (Wildman–Crippen MR) is 365 cm³/mol. The predicted octanol–water partition coefficient (Wildman–Crippen LogP) is 22.6. The SMILES string of the molecule is CCCCCCCCCCSc1ccc(SCCCCCCCCCC)c2c3nc4nc(nc5[nH]c(nc6nc(nc([nH]3)c12)-c1ccncc1-6)c1c(SCCCCCCCCCC)ccc(SCCCCCCCCCC)c51)-c1ccncc1-4. The van der Waals surface area contributed by atoms with Crippen molar-refractivity contribution in [2.45, 2.75) is 253 Å². The van der Waals surface area contributed by atoms with Crippen LogP contribution in [0.4, 0.5) is 0 Å². The van der Waals surface area contributed by atoms with Crippen LogP contribution in [0, 0.1) is 0 Å². The van der Waals surface area contributed by atoms with Gasteiger partial charge < -0.3 is 9.97 Å². The Kier molecular flexibility index (Phi) is 26.9. The van der Waals surface area contributed by atoms with Crippen molar-refractivity contribution in [1.82, 2.24) is 49.8 Å². The number of H-pyrrole nitrogens is 2. The van der Waals surface area contributed by atoms with Crippen LogP contribution in [0.2, 0.25) is 0 Å². The van der Waals surface area contributed by atoms with Crippen LogP contribution in [0.1, 0.15) is 233 Å². The number of pyridine rings is 2. The van der Waals surface area contributed by atoms with Gasteiger partial charge in [0.25, 0.3) is 0 Å². The molecule has 7 heterocycles. The number of aromatic nitrogens is 10. The third-order valence-electron chi connectivity index (χ3n) is 16.6. The number of hydrogen-bond donors (Lipinski definition) is 2. The molecule has 2 aliphatic rings. The Morgan fingerprint density at radius 3 is 0.774 bits per heavy atom. The Morgan fingerprint density at radius 1 is 0.274 bits per heavy atom. The Hall–Kier alpha value is -4.50. The smallest absolute Gasteiger partial charge is 0.166 e. The van der Waals surface area contributed by atoms with Crippen molar-refractivity contribution >= 4 is 91.2 Å². The number of aromatic amines is 2. The van der Waals surface area contributed by atoms with Crippen molar-refractivity contribution in [3.63, 3.8) is 0 Å². The molecule has 2 aliphatic heterocycles. The van der Waals surface area contributed by atoms with E-state index < -0.39 is 0 Å². The zero-order chi connectivity index (χ0) is 58.0. The molecule has 10 nitrogen and oxygen atoms in total. The molecular formula is C70H96N10S4. The van der Waals surface area contributed by atoms with Gasteiger partial charge in [0.1, 0.15) is 22.6 Å². The third-order valence-corrected chi connectivity index (χ3v) is 21.2. The van der Waals surface area contributed by atoms with Crippen LogP contribution in [-0.2, 0) is 0 Å². The van der Waals surface area contributed by atoms with Crippen LogP contribution in [0.3, 0.4) is 0 Å². The number of thioether (sulfide) groups is 4. The summed E-state index contributed by atoms with van der Waals surface area (Å²) >= 11 is 7.77. The first-order valence-electron chi connectivity index (χ1n) is 33.2. The van der Waals surface area contributed by atoms with E-state index in [-0.39, 0.29) is 0 Å². The van der Waals surface area contributed by atoms with E-state index >= 15 is 0 Å². The Labute approximate surface area is 520 Å². The average molecular weight is 1210 g/mol. The van der Waals surface area contributed by atoms with E-state index in [1.54, 1.807) is 0 Å². The highest BCUT2D eigenvalue weighted by atomic mass is 32.2. The monoisotopic (exact) mass is 1200 g/mol. The summed E-state index contributed by atoms with van der Waals surface area (Å²) < 4.78 is 0. The van der Waals surface area contributed by atoms with Gasteiger partial charge >= 0.3 is 0 Å². The van der Waals surface area contributed by atoms with Gasteiger partial charge in [0.2, 0.25) is 0 Å². The molecule has 14 heteroatoms. The first-order valence-corrected chi connectivity index (χ1v) is 37.1. The number of hydrogen-bond acceptors (Lipinski definition) is 12. The minimum Gasteiger partial charge on any atom is -0.324 e. The fraction of sp³-hybridized carbons (Fsp3) is 0.571. The standard InChI is InChI=1S/C70H96N10S4/c1-5-9-13-17-21-25-29-33-45-81-55-37-39-57(83-47-35-31-27-23-19-15-11-7-3)61-59(55)67-75-63-51-41-43-71-49-53(51)66(73-63)78-70-62-58(84-48-36-32-28-24-20-16-12-8-4)40-38-56(82-46-34-30-26-22-18-14-10-6-2)60(62)68(80-70)76-64-52-42-44-72-50-54(52)65(74-64)77-69(61)79-67/h37-44,49-50H,5-36,45-48H2,1-4H3,(H2,73,74,75,76,77,78,79,80). The zero-order valence-corrected chi connectivity index (χ0v) is 54.7. The van der Waals surface area contributed by atoms with E-state index in [0.29, 0.717) is 23.3 Å². The minimum atomic E-state index is 0.589. The van der Waals surface area contributed by atoms with Crippen molar-refractivity contribution in [2.24, 2.45) is 0 Å². The molecule has 0 atom stereocenters. The molecule has 0 saturated carbocycles. The fourth-order valence-electron chi connectivity index (χ4n) is 11.8. The Morgan fingerprint density at radius 2 is 0.512 bits per heavy atom. The van der Waals surface area contributed by atoms with Gasteiger partial charge in [0.15, 0.2) is 23.3 Å². The lowest BCUT2D eigenvalue weighted by molar-refractivity contribution is 0.586. The summed E-state index contributed by atoms with van der Waals surface area (Å²) in [7, 11) is 0. The molecule has 2 aromatic carbocycles. The first-order chi connectivity index (χ1) is 41.6. The number of rotatable bonds is 40. The zero-order valence-electron chi connectivity index (χ0n) is 51.4. The lowest BCUT2D eigenvalue weighted by Crippen LogP contribution is -1.88. The number of nitrogens with zero attached hydrogens (tertiary/aromatic N) is 8. The molecule has 0 spiro atoms. The molecule has 0 saturated heterocycles. The molecule has 84 heavy (non-hydrogen) atoms. The molecule has 2 N–H and O–H groups in total. The molecule has 0 amide bonds. The van der Waals surface area contributed by atoms with Gasteiger partial charge in [-0.3, -0.25) is 9.97 Å². The molecule has 0 fully saturated rings. The molecule has 9 rings (SSSR count). The average Bonchev–Trinajstić information content (AvgIpc) is 2.34. The topological polar surface area (TPSA) is 135 Å². The molecule has 450 valence electrons. The Balaban J connectivity index is 1.18. The quantitative estimate of drug-likeness (QED) is 0.0280. The van der Waals surface area contributed by atoms with E-state index in [1.165, 1.54) is 225 Å². The van der Waals surface area contributed by atoms with E-state index in [0.717, 1.165) is 89.4 Å². The summed E-state index contributed by atoms with van der Waals surface area (Å²) in [5.41, 5.74) is 6.52. The van der Waals surface area contributed by atoms with Crippen molar-refractivity contribution in [2.75, 3.05) is 23.0 Å². The molecular weight excluding hydrogens is 1110 g/mol. The number of nitrogens with one attached hydrogen (secondary N) is 2. The molecule has 8 bridgehead atoms. The van der Waals surface area contributed by atoms with Crippen LogP contribution in [-0.4, -0.2) is 72.9 Å². The van der Waals surface area contributed by atoms with Gasteiger partial charge in [-0.05, 0) is 85.1 Å². The largest absolute Gasteiger partial charge is 0.324 e. The second-order valence-electron chi connectivity index (χ2n) is 23.4. The van der Waals surface area contributed by atoms with Crippen LogP contribution in [0.15, 0.2) is 80.8 Å². The number of unbranched alkanes of at least 4 members (excludes halogenated alkanes) is 28. The van der Waals surface area contributed by atoms with Gasteiger partial charge in [0, 0.05) is 88.2 Å². The lowest BCUT2D eigenvalue weighted by Gasteiger charge is -2.09. The molecule has 7 aromatic rings. The summed E-state index contributed by atoms with van der Waals surface area (Å²) in [6.07, 6.45) is 49.0. The maximum absolute atomic E-state index is 5.58. The number of benzene rings is 2. The Bertz CT molecular complexity index is 2890. The first kappa shape index (κ1) is 64.0. The maximum atomic E-state index is 5.58. The molecule has 5 aromatic heterocycles. The van der Waals surface area contributed by atoms with Crippen LogP contribution >= 0.6 is 47.0 Å². The van der Waals surface area contributed by atoms with Gasteiger partial charge in [-0.15, -0.1) is 47.0 Å². The summed E-state index contributed by atoms with van der Waals surface area (Å²) in [6, 6.07) is 13.4. The van der Waals surface area contributed by atoms with E-state index in [1.807, 2.05) is 84.0 Å². The highest BCUT2D eigenvalue weighted by Gasteiger charge is 2.25. The van der Waals surface area contributed by atoms with Crippen molar-refractivity contribution in [1.29, 1.82) is 0 Å². The summed E-state index contributed by atoms with van der Waals surface area (Å²) in [6.45, 7) is 9.18. The van der Waals surface area contributed by atoms with Crippen LogP contribution < -0.4 is 0 Å². The lowest BCUT2D eigenvalue weighted by atomic mass is 10.1. The van der Waals surface area contributed by atoms with Crippen molar-refractivity contribution < 1.29 is 0 Å². The van der Waals surface area contributed by atoms with E-state index in [4.69, 9.17) is 29.9 Å². The maximum Gasteiger partial charge on any atom is 0.166 e. The van der Waals surface area contributed by atoms with Gasteiger partial charge in [-0.2, -0.15) is 0 Å². The molecule has 0 aliphatic carbocycles. The second kappa shape index (κ2) is 35.3. The van der Waals surface area contributed by atoms with Gasteiger partial charge in [-0.1, -0.05) is 207 Å². The number of fused-ring (bicyclic) bond motifs is 20. The third kappa shape index (κ3) is 17.8. The van der Waals surface area contributed by atoms with Crippen LogP contribution in [0.5, 0.6) is 0 Å². The highest BCUT2D eigenvalue weighted by Crippen LogP contribution is 2.44. The molecule has 0 unspecified atom stereocenters. The molecule has 0 radical (unpaired) electrons.